The molecule has 1 aromatic rings. The Morgan fingerprint density at radius 2 is 2.00 bits per heavy atom. The number of aliphatic carboxylic acids is 1. The predicted molar refractivity (Wildman–Crippen MR) is 79.5 cm³/mol. The van der Waals surface area contributed by atoms with Crippen LogP contribution in [0.25, 0.3) is 0 Å². The maximum atomic E-state index is 12.0. The zero-order valence-electron chi connectivity index (χ0n) is 11.8. The van der Waals surface area contributed by atoms with Crippen molar-refractivity contribution in [2.75, 3.05) is 11.9 Å². The quantitative estimate of drug-likeness (QED) is 0.750. The minimum absolute atomic E-state index is 0.0278. The molecule has 1 rings (SSSR count). The molecule has 1 atom stereocenters. The van der Waals surface area contributed by atoms with Crippen molar-refractivity contribution in [1.29, 1.82) is 0 Å². The van der Waals surface area contributed by atoms with Gasteiger partial charge in [0.25, 0.3) is 5.91 Å². The van der Waals surface area contributed by atoms with Gasteiger partial charge in [0.05, 0.1) is 10.6 Å². The normalized spacial score (nSPS) is 11.6. The molecule has 0 spiro atoms. The van der Waals surface area contributed by atoms with Gasteiger partial charge in [-0.05, 0) is 24.1 Å². The summed E-state index contributed by atoms with van der Waals surface area (Å²) in [5.74, 6) is -1.77. The first-order chi connectivity index (χ1) is 9.79. The lowest BCUT2D eigenvalue weighted by Crippen LogP contribution is -2.29. The maximum absolute atomic E-state index is 12.0. The molecule has 7 heteroatoms. The van der Waals surface area contributed by atoms with Crippen LogP contribution in [0.3, 0.4) is 0 Å². The molecule has 1 aromatic carbocycles. The highest BCUT2D eigenvalue weighted by Gasteiger charge is 2.14. The first-order valence-corrected chi connectivity index (χ1v) is 6.74. The van der Waals surface area contributed by atoms with Gasteiger partial charge >= 0.3 is 5.97 Å². The first-order valence-electron chi connectivity index (χ1n) is 6.36. The number of carboxylic acid groups (broad SMARTS) is 1. The van der Waals surface area contributed by atoms with Gasteiger partial charge in [0.1, 0.15) is 0 Å². The number of benzene rings is 1. The lowest BCUT2D eigenvalue weighted by molar-refractivity contribution is -0.137. The number of nitrogens with one attached hydrogen (secondary N) is 2. The van der Waals surface area contributed by atoms with Gasteiger partial charge in [0.2, 0.25) is 5.91 Å². The maximum Gasteiger partial charge on any atom is 0.303 e. The number of carboxylic acids is 1. The second kappa shape index (κ2) is 7.64. The Morgan fingerprint density at radius 3 is 2.57 bits per heavy atom. The molecule has 21 heavy (non-hydrogen) atoms. The number of anilines is 1. The third-order valence-electron chi connectivity index (χ3n) is 2.67. The lowest BCUT2D eigenvalue weighted by atomic mass is 10.1. The fourth-order valence-electron chi connectivity index (χ4n) is 1.71. The molecular formula is C14H17ClN2O4. The van der Waals surface area contributed by atoms with Crippen LogP contribution in [0, 0.1) is 5.92 Å². The van der Waals surface area contributed by atoms with Crippen LogP contribution in [0.2, 0.25) is 5.02 Å². The zero-order chi connectivity index (χ0) is 16.0. The minimum atomic E-state index is -0.914. The molecule has 2 amide bonds. The molecule has 0 heterocycles. The summed E-state index contributed by atoms with van der Waals surface area (Å²) >= 11 is 5.96. The van der Waals surface area contributed by atoms with Gasteiger partial charge in [-0.1, -0.05) is 18.5 Å². The first kappa shape index (κ1) is 17.0. The fraction of sp³-hybridized carbons (Fsp3) is 0.357. The van der Waals surface area contributed by atoms with E-state index in [9.17, 15) is 14.4 Å². The molecule has 0 aliphatic heterocycles. The molecule has 0 saturated carbocycles. The van der Waals surface area contributed by atoms with E-state index < -0.39 is 11.9 Å². The Morgan fingerprint density at radius 1 is 1.33 bits per heavy atom. The van der Waals surface area contributed by atoms with Crippen LogP contribution in [0.5, 0.6) is 0 Å². The lowest BCUT2D eigenvalue weighted by Gasteiger charge is -2.12. The molecule has 0 aliphatic carbocycles. The van der Waals surface area contributed by atoms with E-state index in [0.29, 0.717) is 5.69 Å². The van der Waals surface area contributed by atoms with Crippen molar-refractivity contribution < 1.29 is 19.5 Å². The second-order valence-corrected chi connectivity index (χ2v) is 5.20. The third kappa shape index (κ3) is 5.83. The Kier molecular flexibility index (Phi) is 6.17. The van der Waals surface area contributed by atoms with Crippen molar-refractivity contribution in [3.8, 4) is 0 Å². The topological polar surface area (TPSA) is 95.5 Å². The Balaban J connectivity index is 2.72. The summed E-state index contributed by atoms with van der Waals surface area (Å²) < 4.78 is 0. The number of halogens is 1. The summed E-state index contributed by atoms with van der Waals surface area (Å²) in [5.41, 5.74) is 0.695. The standard InChI is InChI=1S/C14H17ClN2O4/c1-8(5-13(19)20)7-16-14(21)11-6-10(17-9(2)18)3-4-12(11)15/h3-4,6,8H,5,7H2,1-2H3,(H,16,21)(H,17,18)(H,19,20). The van der Waals surface area contributed by atoms with Gasteiger partial charge in [-0.25, -0.2) is 0 Å². The molecule has 0 bridgehead atoms. The van der Waals surface area contributed by atoms with Crippen LogP contribution >= 0.6 is 11.6 Å². The number of hydrogen-bond acceptors (Lipinski definition) is 3. The molecule has 0 aromatic heterocycles. The van der Waals surface area contributed by atoms with Crippen molar-refractivity contribution in [3.05, 3.63) is 28.8 Å². The third-order valence-corrected chi connectivity index (χ3v) is 3.00. The van der Waals surface area contributed by atoms with Crippen molar-refractivity contribution in [3.63, 3.8) is 0 Å². The largest absolute Gasteiger partial charge is 0.481 e. The van der Waals surface area contributed by atoms with Gasteiger partial charge in [0, 0.05) is 25.6 Å². The van der Waals surface area contributed by atoms with Gasteiger partial charge < -0.3 is 15.7 Å². The summed E-state index contributed by atoms with van der Waals surface area (Å²) in [5, 5.41) is 14.1. The highest BCUT2D eigenvalue weighted by atomic mass is 35.5. The number of amides is 2. The molecule has 6 nitrogen and oxygen atoms in total. The van der Waals surface area contributed by atoms with E-state index in [1.165, 1.54) is 19.1 Å². The highest BCUT2D eigenvalue weighted by Crippen LogP contribution is 2.20. The van der Waals surface area contributed by atoms with Gasteiger partial charge in [-0.2, -0.15) is 0 Å². The second-order valence-electron chi connectivity index (χ2n) is 4.79. The molecule has 0 saturated heterocycles. The van der Waals surface area contributed by atoms with Gasteiger partial charge in [-0.15, -0.1) is 0 Å². The zero-order valence-corrected chi connectivity index (χ0v) is 12.5. The number of rotatable bonds is 6. The minimum Gasteiger partial charge on any atom is -0.481 e. The van der Waals surface area contributed by atoms with E-state index in [-0.39, 0.29) is 35.4 Å². The van der Waals surface area contributed by atoms with Crippen molar-refractivity contribution in [2.45, 2.75) is 20.3 Å². The summed E-state index contributed by atoms with van der Waals surface area (Å²) in [6.07, 6.45) is -0.0278. The summed E-state index contributed by atoms with van der Waals surface area (Å²) in [6, 6.07) is 4.58. The molecule has 3 N–H and O–H groups in total. The van der Waals surface area contributed by atoms with E-state index in [2.05, 4.69) is 10.6 Å². The number of hydrogen-bond donors (Lipinski definition) is 3. The van der Waals surface area contributed by atoms with E-state index in [4.69, 9.17) is 16.7 Å². The summed E-state index contributed by atoms with van der Waals surface area (Å²) in [4.78, 5) is 33.6. The monoisotopic (exact) mass is 312 g/mol. The predicted octanol–water partition coefficient (Wildman–Crippen LogP) is 2.14. The number of carbonyl (C=O) groups is 3. The van der Waals surface area contributed by atoms with Crippen molar-refractivity contribution >= 4 is 35.1 Å². The summed E-state index contributed by atoms with van der Waals surface area (Å²) in [7, 11) is 0. The van der Waals surface area contributed by atoms with Crippen LogP contribution in [0.1, 0.15) is 30.6 Å². The molecular weight excluding hydrogens is 296 g/mol. The Labute approximate surface area is 127 Å². The molecule has 0 aliphatic rings. The number of carbonyl (C=O) groups excluding carboxylic acids is 2. The van der Waals surface area contributed by atoms with Crippen LogP contribution in [-0.2, 0) is 9.59 Å². The Hall–Kier alpha value is -2.08. The average molecular weight is 313 g/mol. The van der Waals surface area contributed by atoms with Crippen LogP contribution in [0.15, 0.2) is 18.2 Å². The van der Waals surface area contributed by atoms with Gasteiger partial charge in [0.15, 0.2) is 0 Å². The van der Waals surface area contributed by atoms with Crippen LogP contribution in [0.4, 0.5) is 5.69 Å². The molecule has 0 radical (unpaired) electrons. The SMILES string of the molecule is CC(=O)Nc1ccc(Cl)c(C(=O)NCC(C)CC(=O)O)c1. The van der Waals surface area contributed by atoms with E-state index in [1.807, 2.05) is 0 Å². The highest BCUT2D eigenvalue weighted by molar-refractivity contribution is 6.34. The molecule has 0 fully saturated rings. The van der Waals surface area contributed by atoms with Crippen LogP contribution in [-0.4, -0.2) is 29.4 Å². The van der Waals surface area contributed by atoms with E-state index in [1.54, 1.807) is 13.0 Å². The van der Waals surface area contributed by atoms with Crippen molar-refractivity contribution in [1.82, 2.24) is 5.32 Å². The fourth-order valence-corrected chi connectivity index (χ4v) is 1.92. The molecule has 1 unspecified atom stereocenters. The van der Waals surface area contributed by atoms with Crippen LogP contribution < -0.4 is 10.6 Å². The van der Waals surface area contributed by atoms with Gasteiger partial charge in [-0.3, -0.25) is 14.4 Å². The average Bonchev–Trinajstić information content (AvgIpc) is 2.37. The smallest absolute Gasteiger partial charge is 0.303 e. The Bertz CT molecular complexity index is 560. The summed E-state index contributed by atoms with van der Waals surface area (Å²) in [6.45, 7) is 3.32. The molecule has 114 valence electrons. The van der Waals surface area contributed by atoms with Crippen molar-refractivity contribution in [2.24, 2.45) is 5.92 Å². The van der Waals surface area contributed by atoms with E-state index >= 15 is 0 Å². The van der Waals surface area contributed by atoms with E-state index in [0.717, 1.165) is 0 Å².